The van der Waals surface area contributed by atoms with Gasteiger partial charge >= 0.3 is 0 Å². The Bertz CT molecular complexity index is 1030. The smallest absolute Gasteiger partial charge is 0.259 e. The van der Waals surface area contributed by atoms with E-state index in [9.17, 15) is 13.2 Å². The van der Waals surface area contributed by atoms with Crippen molar-refractivity contribution >= 4 is 38.9 Å². The summed E-state index contributed by atoms with van der Waals surface area (Å²) in [5.41, 5.74) is 1.18. The number of rotatable bonds is 3. The summed E-state index contributed by atoms with van der Waals surface area (Å²) in [6.07, 6.45) is 0.663. The van der Waals surface area contributed by atoms with Crippen molar-refractivity contribution in [2.45, 2.75) is 19.4 Å². The second-order valence-electron chi connectivity index (χ2n) is 7.44. The molecule has 2 aromatic rings. The molecule has 10 heteroatoms. The number of aryl methyl sites for hydroxylation is 1. The van der Waals surface area contributed by atoms with Crippen LogP contribution in [0, 0.1) is 6.92 Å². The normalized spacial score (nSPS) is 22.2. The van der Waals surface area contributed by atoms with E-state index in [1.807, 2.05) is 0 Å². The molecule has 156 valence electrons. The molecule has 0 spiro atoms. The lowest BCUT2D eigenvalue weighted by atomic mass is 10.0. The van der Waals surface area contributed by atoms with Gasteiger partial charge in [0, 0.05) is 37.8 Å². The van der Waals surface area contributed by atoms with E-state index in [4.69, 9.17) is 27.7 Å². The maximum Gasteiger partial charge on any atom is 0.259 e. The highest BCUT2D eigenvalue weighted by atomic mass is 35.5. The average Bonchev–Trinajstić information content (AvgIpc) is 3.23. The van der Waals surface area contributed by atoms with Crippen LogP contribution < -0.4 is 0 Å². The SMILES string of the molecule is Cc1onc(-c2c(Cl)cccc2Cl)c1C(=O)N1CCN(C2CCS(=O)(=O)C2)CC1. The number of halogens is 2. The van der Waals surface area contributed by atoms with E-state index in [-0.39, 0.29) is 23.5 Å². The van der Waals surface area contributed by atoms with E-state index in [0.717, 1.165) is 0 Å². The molecule has 0 saturated carbocycles. The standard InChI is InChI=1S/C19H21Cl2N3O4S/c1-12-16(18(22-28-12)17-14(20)3-2-4-15(17)21)19(25)24-8-6-23(7-9-24)13-5-10-29(26,27)11-13/h2-4,13H,5-11H2,1H3. The third-order valence-corrected chi connectivity index (χ3v) is 7.98. The molecule has 2 aliphatic heterocycles. The topological polar surface area (TPSA) is 83.7 Å². The van der Waals surface area contributed by atoms with Gasteiger partial charge in [-0.3, -0.25) is 9.69 Å². The van der Waals surface area contributed by atoms with Crippen LogP contribution in [0.5, 0.6) is 0 Å². The monoisotopic (exact) mass is 457 g/mol. The Hall–Kier alpha value is -1.61. The van der Waals surface area contributed by atoms with Gasteiger partial charge in [-0.05, 0) is 25.5 Å². The van der Waals surface area contributed by atoms with Crippen LogP contribution in [0.2, 0.25) is 10.0 Å². The quantitative estimate of drug-likeness (QED) is 0.704. The first-order chi connectivity index (χ1) is 13.8. The van der Waals surface area contributed by atoms with Gasteiger partial charge in [-0.25, -0.2) is 8.42 Å². The molecule has 4 rings (SSSR count). The van der Waals surface area contributed by atoms with Gasteiger partial charge in [-0.2, -0.15) is 0 Å². The molecule has 2 saturated heterocycles. The Morgan fingerprint density at radius 2 is 1.83 bits per heavy atom. The van der Waals surface area contributed by atoms with Gasteiger partial charge < -0.3 is 9.42 Å². The first-order valence-corrected chi connectivity index (χ1v) is 12.0. The summed E-state index contributed by atoms with van der Waals surface area (Å²) < 4.78 is 28.8. The molecule has 0 aliphatic carbocycles. The van der Waals surface area contributed by atoms with Crippen molar-refractivity contribution in [3.05, 3.63) is 39.6 Å². The lowest BCUT2D eigenvalue weighted by Gasteiger charge is -2.37. The summed E-state index contributed by atoms with van der Waals surface area (Å²) in [6, 6.07) is 5.16. The third-order valence-electron chi connectivity index (χ3n) is 5.60. The first kappa shape index (κ1) is 20.7. The maximum absolute atomic E-state index is 13.3. The molecular formula is C19H21Cl2N3O4S. The van der Waals surface area contributed by atoms with Crippen molar-refractivity contribution in [2.24, 2.45) is 0 Å². The minimum atomic E-state index is -2.93. The zero-order chi connectivity index (χ0) is 20.8. The van der Waals surface area contributed by atoms with Gasteiger partial charge in [0.15, 0.2) is 9.84 Å². The van der Waals surface area contributed by atoms with E-state index in [1.165, 1.54) is 0 Å². The van der Waals surface area contributed by atoms with E-state index >= 15 is 0 Å². The highest BCUT2D eigenvalue weighted by Crippen LogP contribution is 2.37. The highest BCUT2D eigenvalue weighted by Gasteiger charge is 2.35. The molecule has 0 radical (unpaired) electrons. The van der Waals surface area contributed by atoms with Gasteiger partial charge in [0.2, 0.25) is 0 Å². The minimum Gasteiger partial charge on any atom is -0.360 e. The van der Waals surface area contributed by atoms with Gasteiger partial charge in [-0.1, -0.05) is 34.4 Å². The lowest BCUT2D eigenvalue weighted by molar-refractivity contribution is 0.0587. The summed E-state index contributed by atoms with van der Waals surface area (Å²) in [5.74, 6) is 0.679. The molecule has 1 unspecified atom stereocenters. The van der Waals surface area contributed by atoms with Crippen LogP contribution in [-0.2, 0) is 9.84 Å². The van der Waals surface area contributed by atoms with Crippen LogP contribution in [0.1, 0.15) is 22.5 Å². The predicted octanol–water partition coefficient (Wildman–Crippen LogP) is 2.90. The van der Waals surface area contributed by atoms with E-state index in [1.54, 1.807) is 30.0 Å². The summed E-state index contributed by atoms with van der Waals surface area (Å²) in [5, 5.41) is 4.84. The van der Waals surface area contributed by atoms with E-state index < -0.39 is 9.84 Å². The summed E-state index contributed by atoms with van der Waals surface area (Å²) in [4.78, 5) is 17.2. The second kappa shape index (κ2) is 7.91. The number of piperazine rings is 1. The highest BCUT2D eigenvalue weighted by molar-refractivity contribution is 7.91. The zero-order valence-electron chi connectivity index (χ0n) is 15.9. The van der Waals surface area contributed by atoms with Crippen LogP contribution >= 0.6 is 23.2 Å². The Labute approximate surface area is 179 Å². The molecule has 29 heavy (non-hydrogen) atoms. The van der Waals surface area contributed by atoms with Gasteiger partial charge in [0.1, 0.15) is 17.0 Å². The largest absolute Gasteiger partial charge is 0.360 e. The Morgan fingerprint density at radius 1 is 1.17 bits per heavy atom. The van der Waals surface area contributed by atoms with Gasteiger partial charge in [0.25, 0.3) is 5.91 Å². The molecule has 2 aliphatic rings. The van der Waals surface area contributed by atoms with Crippen LogP contribution in [-0.4, -0.2) is 73.0 Å². The van der Waals surface area contributed by atoms with Crippen molar-refractivity contribution in [2.75, 3.05) is 37.7 Å². The lowest BCUT2D eigenvalue weighted by Crippen LogP contribution is -2.52. The van der Waals surface area contributed by atoms with Crippen LogP contribution in [0.15, 0.2) is 22.7 Å². The molecule has 7 nitrogen and oxygen atoms in total. The number of benzene rings is 1. The summed E-state index contributed by atoms with van der Waals surface area (Å²) in [6.45, 7) is 3.98. The number of hydrogen-bond donors (Lipinski definition) is 0. The maximum atomic E-state index is 13.3. The van der Waals surface area contributed by atoms with Crippen LogP contribution in [0.25, 0.3) is 11.3 Å². The molecule has 1 amide bonds. The first-order valence-electron chi connectivity index (χ1n) is 9.41. The van der Waals surface area contributed by atoms with E-state index in [2.05, 4.69) is 10.1 Å². The van der Waals surface area contributed by atoms with Crippen molar-refractivity contribution < 1.29 is 17.7 Å². The van der Waals surface area contributed by atoms with Crippen molar-refractivity contribution in [1.82, 2.24) is 15.0 Å². The molecule has 2 fully saturated rings. The molecule has 1 atom stereocenters. The average molecular weight is 458 g/mol. The Kier molecular flexibility index (Phi) is 5.63. The van der Waals surface area contributed by atoms with Gasteiger partial charge in [0.05, 0.1) is 21.6 Å². The molecule has 1 aromatic heterocycles. The molecule has 0 N–H and O–H groups in total. The summed E-state index contributed by atoms with van der Waals surface area (Å²) >= 11 is 12.6. The van der Waals surface area contributed by atoms with Crippen molar-refractivity contribution in [3.63, 3.8) is 0 Å². The molecule has 1 aromatic carbocycles. The third kappa shape index (κ3) is 4.03. The van der Waals surface area contributed by atoms with Crippen LogP contribution in [0.3, 0.4) is 0 Å². The number of aromatic nitrogens is 1. The minimum absolute atomic E-state index is 0.0482. The predicted molar refractivity (Wildman–Crippen MR) is 111 cm³/mol. The number of carbonyl (C=O) groups excluding carboxylic acids is 1. The number of hydrogen-bond acceptors (Lipinski definition) is 6. The molecular weight excluding hydrogens is 437 g/mol. The van der Waals surface area contributed by atoms with Crippen LogP contribution in [0.4, 0.5) is 0 Å². The second-order valence-corrected chi connectivity index (χ2v) is 10.5. The number of nitrogens with zero attached hydrogens (tertiary/aromatic N) is 3. The number of carbonyl (C=O) groups is 1. The molecule has 3 heterocycles. The number of sulfone groups is 1. The van der Waals surface area contributed by atoms with Gasteiger partial charge in [-0.15, -0.1) is 0 Å². The Morgan fingerprint density at radius 3 is 2.41 bits per heavy atom. The summed E-state index contributed by atoms with van der Waals surface area (Å²) in [7, 11) is -2.93. The fourth-order valence-electron chi connectivity index (χ4n) is 4.03. The zero-order valence-corrected chi connectivity index (χ0v) is 18.2. The van der Waals surface area contributed by atoms with Crippen molar-refractivity contribution in [3.8, 4) is 11.3 Å². The van der Waals surface area contributed by atoms with Crippen molar-refractivity contribution in [1.29, 1.82) is 0 Å². The molecule has 0 bridgehead atoms. The Balaban J connectivity index is 1.53. The van der Waals surface area contributed by atoms with E-state index in [0.29, 0.717) is 65.2 Å². The fourth-order valence-corrected chi connectivity index (χ4v) is 6.37. The fraction of sp³-hybridized carbons (Fsp3) is 0.474. The number of amides is 1.